The van der Waals surface area contributed by atoms with Crippen LogP contribution in [0.4, 0.5) is 0 Å². The van der Waals surface area contributed by atoms with Gasteiger partial charge in [-0.2, -0.15) is 0 Å². The Bertz CT molecular complexity index is 680. The van der Waals surface area contributed by atoms with Crippen molar-refractivity contribution in [2.75, 3.05) is 26.2 Å². The highest BCUT2D eigenvalue weighted by Gasteiger charge is 2.10. The quantitative estimate of drug-likeness (QED) is 0.0529. The van der Waals surface area contributed by atoms with Gasteiger partial charge in [0.05, 0.1) is 0 Å². The molecule has 0 aliphatic carbocycles. The van der Waals surface area contributed by atoms with Gasteiger partial charge in [0.15, 0.2) is 0 Å². The third-order valence-electron chi connectivity index (χ3n) is 10.3. The number of likely N-dealkylation sites (tertiary alicyclic amines) is 1. The van der Waals surface area contributed by atoms with Gasteiger partial charge in [0.2, 0.25) is 0 Å². The summed E-state index contributed by atoms with van der Waals surface area (Å²) in [4.78, 5) is 2.70. The van der Waals surface area contributed by atoms with E-state index in [1.54, 1.807) is 0 Å². The third-order valence-corrected chi connectivity index (χ3v) is 10.3. The molecule has 1 heterocycles. The molecule has 1 N–H and O–H groups in total. The van der Waals surface area contributed by atoms with E-state index in [1.165, 1.54) is 212 Å². The first-order chi connectivity index (χ1) is 23.9. The van der Waals surface area contributed by atoms with E-state index in [-0.39, 0.29) is 0 Å². The topological polar surface area (TPSA) is 15.3 Å². The Morgan fingerprint density at radius 1 is 0.438 bits per heavy atom. The molecule has 0 atom stereocenters. The standard InChI is InChI=1S/C46H86N2/c1-3-5-7-9-11-13-15-17-19-21-23-25-27-29-31-34-40-46(47-42-36-39-45-48-43-37-33-38-44-48)41-35-32-30-28-26-24-22-20-18-16-14-12-10-8-6-4-2/h11-14,17-20,46-47H,3-10,15-16,21-45H2,1-2H3/b13-11-,14-12-,19-17-,20-18-. The van der Waals surface area contributed by atoms with Crippen molar-refractivity contribution >= 4 is 0 Å². The summed E-state index contributed by atoms with van der Waals surface area (Å²) in [5.74, 6) is 0. The second kappa shape index (κ2) is 38.7. The molecule has 2 nitrogen and oxygen atoms in total. The van der Waals surface area contributed by atoms with Crippen molar-refractivity contribution in [2.24, 2.45) is 0 Å². The fraction of sp³-hybridized carbons (Fsp3) is 0.826. The summed E-state index contributed by atoms with van der Waals surface area (Å²) in [6, 6.07) is 0.747. The molecule has 280 valence electrons. The number of hydrogen-bond donors (Lipinski definition) is 1. The zero-order chi connectivity index (χ0) is 34.3. The fourth-order valence-electron chi connectivity index (χ4n) is 7.06. The van der Waals surface area contributed by atoms with Crippen LogP contribution in [-0.2, 0) is 0 Å². The van der Waals surface area contributed by atoms with Crippen molar-refractivity contribution in [1.29, 1.82) is 0 Å². The molecule has 0 radical (unpaired) electrons. The number of nitrogens with one attached hydrogen (secondary N) is 1. The summed E-state index contributed by atoms with van der Waals surface area (Å²) >= 11 is 0. The van der Waals surface area contributed by atoms with Gasteiger partial charge in [-0.15, -0.1) is 0 Å². The zero-order valence-corrected chi connectivity index (χ0v) is 32.9. The van der Waals surface area contributed by atoms with Gasteiger partial charge >= 0.3 is 0 Å². The highest BCUT2D eigenvalue weighted by atomic mass is 15.1. The first kappa shape index (κ1) is 44.9. The summed E-state index contributed by atoms with van der Waals surface area (Å²) in [7, 11) is 0. The van der Waals surface area contributed by atoms with E-state index in [0.29, 0.717) is 0 Å². The number of unbranched alkanes of at least 4 members (excludes halogenated alkanes) is 19. The van der Waals surface area contributed by atoms with Crippen molar-refractivity contribution in [1.82, 2.24) is 10.2 Å². The van der Waals surface area contributed by atoms with E-state index in [4.69, 9.17) is 0 Å². The maximum atomic E-state index is 4.02. The third kappa shape index (κ3) is 33.4. The molecule has 0 amide bonds. The molecule has 48 heavy (non-hydrogen) atoms. The molecule has 2 heteroatoms. The second-order valence-corrected chi connectivity index (χ2v) is 15.0. The van der Waals surface area contributed by atoms with Crippen LogP contribution in [0.2, 0.25) is 0 Å². The molecule has 0 spiro atoms. The van der Waals surface area contributed by atoms with Crippen LogP contribution in [0.15, 0.2) is 48.6 Å². The summed E-state index contributed by atoms with van der Waals surface area (Å²) in [6.07, 6.45) is 61.1. The Morgan fingerprint density at radius 2 is 0.854 bits per heavy atom. The second-order valence-electron chi connectivity index (χ2n) is 15.0. The van der Waals surface area contributed by atoms with Gasteiger partial charge in [-0.05, 0) is 129 Å². The number of allylic oxidation sites excluding steroid dienone is 8. The van der Waals surface area contributed by atoms with E-state index >= 15 is 0 Å². The number of rotatable bonds is 36. The molecule has 0 bridgehead atoms. The predicted molar refractivity (Wildman–Crippen MR) is 219 cm³/mol. The number of hydrogen-bond acceptors (Lipinski definition) is 2. The van der Waals surface area contributed by atoms with E-state index < -0.39 is 0 Å². The molecule has 0 saturated carbocycles. The average Bonchev–Trinajstić information content (AvgIpc) is 3.11. The van der Waals surface area contributed by atoms with Gasteiger partial charge in [-0.3, -0.25) is 0 Å². The molecule has 0 aromatic carbocycles. The van der Waals surface area contributed by atoms with E-state index in [0.717, 1.165) is 18.9 Å². The highest BCUT2D eigenvalue weighted by molar-refractivity contribution is 4.93. The minimum Gasteiger partial charge on any atom is -0.314 e. The molecule has 1 aliphatic heterocycles. The Morgan fingerprint density at radius 3 is 1.31 bits per heavy atom. The summed E-state index contributed by atoms with van der Waals surface area (Å²) in [5, 5.41) is 4.02. The van der Waals surface area contributed by atoms with Gasteiger partial charge in [-0.1, -0.05) is 159 Å². The molecular weight excluding hydrogens is 581 g/mol. The maximum absolute atomic E-state index is 4.02. The smallest absolute Gasteiger partial charge is 0.00670 e. The Labute approximate surface area is 303 Å². The van der Waals surface area contributed by atoms with Crippen LogP contribution in [0.3, 0.4) is 0 Å². The number of piperidine rings is 1. The van der Waals surface area contributed by atoms with Crippen molar-refractivity contribution in [3.63, 3.8) is 0 Å². The molecule has 0 unspecified atom stereocenters. The van der Waals surface area contributed by atoms with E-state index in [9.17, 15) is 0 Å². The van der Waals surface area contributed by atoms with Gasteiger partial charge < -0.3 is 10.2 Å². The largest absolute Gasteiger partial charge is 0.314 e. The minimum atomic E-state index is 0.747. The lowest BCUT2D eigenvalue weighted by atomic mass is 9.99. The molecule has 0 aromatic heterocycles. The van der Waals surface area contributed by atoms with Crippen LogP contribution < -0.4 is 5.32 Å². The molecule has 1 fully saturated rings. The van der Waals surface area contributed by atoms with Crippen LogP contribution in [0.25, 0.3) is 0 Å². The van der Waals surface area contributed by atoms with Crippen LogP contribution in [0.1, 0.15) is 213 Å². The Balaban J connectivity index is 2.11. The zero-order valence-electron chi connectivity index (χ0n) is 32.9. The van der Waals surface area contributed by atoms with Crippen molar-refractivity contribution < 1.29 is 0 Å². The molecule has 1 saturated heterocycles. The fourth-order valence-corrected chi connectivity index (χ4v) is 7.06. The SMILES string of the molecule is CCCCC/C=C\C/C=C\CCCCCCCCC(CCCCCCCC/C=C\C/C=C\CCCCC)NCCCCN1CCCCC1. The van der Waals surface area contributed by atoms with Crippen LogP contribution >= 0.6 is 0 Å². The van der Waals surface area contributed by atoms with Crippen LogP contribution in [0, 0.1) is 0 Å². The first-order valence-corrected chi connectivity index (χ1v) is 21.9. The summed E-state index contributed by atoms with van der Waals surface area (Å²) in [5.41, 5.74) is 0. The lowest BCUT2D eigenvalue weighted by molar-refractivity contribution is 0.224. The number of nitrogens with zero attached hydrogens (tertiary/aromatic N) is 1. The van der Waals surface area contributed by atoms with Crippen molar-refractivity contribution in [3.8, 4) is 0 Å². The molecule has 1 aliphatic rings. The monoisotopic (exact) mass is 667 g/mol. The predicted octanol–water partition coefficient (Wildman–Crippen LogP) is 14.6. The van der Waals surface area contributed by atoms with E-state index in [1.807, 2.05) is 0 Å². The molecular formula is C46H86N2. The van der Waals surface area contributed by atoms with Gasteiger partial charge in [-0.25, -0.2) is 0 Å². The Kier molecular flexibility index (Phi) is 36.2. The lowest BCUT2D eigenvalue weighted by Crippen LogP contribution is -2.32. The highest BCUT2D eigenvalue weighted by Crippen LogP contribution is 2.16. The maximum Gasteiger partial charge on any atom is 0.00670 e. The normalized spacial score (nSPS) is 14.7. The van der Waals surface area contributed by atoms with Gasteiger partial charge in [0.25, 0.3) is 0 Å². The summed E-state index contributed by atoms with van der Waals surface area (Å²) in [6.45, 7) is 9.79. The van der Waals surface area contributed by atoms with Crippen molar-refractivity contribution in [2.45, 2.75) is 219 Å². The molecule has 0 aromatic rings. The van der Waals surface area contributed by atoms with Gasteiger partial charge in [0.1, 0.15) is 0 Å². The molecule has 1 rings (SSSR count). The minimum absolute atomic E-state index is 0.747. The van der Waals surface area contributed by atoms with Gasteiger partial charge in [0, 0.05) is 6.04 Å². The Hall–Kier alpha value is -1.12. The lowest BCUT2D eigenvalue weighted by Gasteiger charge is -2.26. The van der Waals surface area contributed by atoms with Crippen LogP contribution in [0.5, 0.6) is 0 Å². The first-order valence-electron chi connectivity index (χ1n) is 21.9. The van der Waals surface area contributed by atoms with Crippen LogP contribution in [-0.4, -0.2) is 37.1 Å². The summed E-state index contributed by atoms with van der Waals surface area (Å²) < 4.78 is 0. The van der Waals surface area contributed by atoms with Crippen molar-refractivity contribution in [3.05, 3.63) is 48.6 Å². The van der Waals surface area contributed by atoms with E-state index in [2.05, 4.69) is 72.7 Å². The average molecular weight is 667 g/mol.